The number of nitrogens with zero attached hydrogens (tertiary/aromatic N) is 1. The van der Waals surface area contributed by atoms with Crippen molar-refractivity contribution in [2.24, 2.45) is 0 Å². The van der Waals surface area contributed by atoms with Gasteiger partial charge in [-0.15, -0.1) is 0 Å². The predicted octanol–water partition coefficient (Wildman–Crippen LogP) is 6.01. The fraction of sp³-hybridized carbons (Fsp3) is 0.353. The number of aromatic nitrogens is 1. The van der Waals surface area contributed by atoms with E-state index in [1.54, 1.807) is 0 Å². The van der Waals surface area contributed by atoms with Gasteiger partial charge in [-0.1, -0.05) is 41.1 Å². The zero-order chi connectivity index (χ0) is 14.4. The van der Waals surface area contributed by atoms with Gasteiger partial charge in [-0.05, 0) is 65.4 Å². The van der Waals surface area contributed by atoms with Gasteiger partial charge in [0.15, 0.2) is 0 Å². The first-order valence-electron chi connectivity index (χ1n) is 7.04. The van der Waals surface area contributed by atoms with Gasteiger partial charge in [-0.2, -0.15) is 0 Å². The number of pyridine rings is 1. The zero-order valence-corrected chi connectivity index (χ0v) is 14.8. The Balaban J connectivity index is 2.02. The van der Waals surface area contributed by atoms with E-state index in [1.807, 2.05) is 12.3 Å². The third kappa shape index (κ3) is 4.71. The summed E-state index contributed by atoms with van der Waals surface area (Å²) in [5.41, 5.74) is 3.62. The topological polar surface area (TPSA) is 12.9 Å². The van der Waals surface area contributed by atoms with Crippen LogP contribution in [0.5, 0.6) is 0 Å². The minimum Gasteiger partial charge on any atom is -0.255 e. The van der Waals surface area contributed by atoms with Crippen molar-refractivity contribution in [2.75, 3.05) is 0 Å². The molecule has 0 spiro atoms. The minimum absolute atomic E-state index is 0.652. The molecule has 0 aliphatic carbocycles. The van der Waals surface area contributed by atoms with Crippen molar-refractivity contribution < 1.29 is 0 Å². The molecule has 1 nitrogen and oxygen atoms in total. The molecule has 1 heterocycles. The maximum atomic E-state index is 4.46. The normalized spacial score (nSPS) is 12.3. The molecule has 0 amide bonds. The summed E-state index contributed by atoms with van der Waals surface area (Å²) >= 11 is 7.11. The molecule has 0 saturated heterocycles. The molecule has 0 aliphatic heterocycles. The number of halogens is 2. The summed E-state index contributed by atoms with van der Waals surface area (Å²) in [5, 5.41) is 0. The summed E-state index contributed by atoms with van der Waals surface area (Å²) in [6.07, 6.45) is 6.63. The molecule has 3 heteroatoms. The van der Waals surface area contributed by atoms with E-state index in [9.17, 15) is 0 Å². The van der Waals surface area contributed by atoms with E-state index < -0.39 is 0 Å². The molecule has 1 aromatic heterocycles. The van der Waals surface area contributed by atoms with Crippen LogP contribution >= 0.6 is 31.9 Å². The summed E-state index contributed by atoms with van der Waals surface area (Å²) in [4.78, 5) is 5.11. The number of rotatable bonds is 6. The predicted molar refractivity (Wildman–Crippen MR) is 93.3 cm³/mol. The first-order chi connectivity index (χ1) is 9.69. The lowest BCUT2D eigenvalue weighted by Gasteiger charge is -2.08. The van der Waals surface area contributed by atoms with Crippen LogP contribution in [0.25, 0.3) is 11.3 Å². The Labute approximate surface area is 138 Å². The van der Waals surface area contributed by atoms with Gasteiger partial charge in [0.25, 0.3) is 0 Å². The quantitative estimate of drug-likeness (QED) is 0.545. The van der Waals surface area contributed by atoms with Crippen LogP contribution in [0.2, 0.25) is 0 Å². The fourth-order valence-corrected chi connectivity index (χ4v) is 2.72. The number of alkyl halides is 1. The molecule has 2 aromatic rings. The van der Waals surface area contributed by atoms with Crippen LogP contribution in [0.4, 0.5) is 0 Å². The molecular weight excluding hydrogens is 378 g/mol. The van der Waals surface area contributed by atoms with Gasteiger partial charge in [0.05, 0.1) is 5.69 Å². The minimum atomic E-state index is 0.652. The highest BCUT2D eigenvalue weighted by atomic mass is 79.9. The zero-order valence-electron chi connectivity index (χ0n) is 11.7. The molecule has 1 unspecified atom stereocenters. The molecule has 0 fully saturated rings. The van der Waals surface area contributed by atoms with E-state index in [0.29, 0.717) is 4.83 Å². The van der Waals surface area contributed by atoms with Crippen molar-refractivity contribution in [2.45, 2.75) is 37.4 Å². The highest BCUT2D eigenvalue weighted by Crippen LogP contribution is 2.21. The SMILES string of the molecule is CCC(Br)CCCc1cccc(-c2ccc(Br)cn2)c1. The van der Waals surface area contributed by atoms with E-state index >= 15 is 0 Å². The Morgan fingerprint density at radius 2 is 2.05 bits per heavy atom. The number of aryl methyl sites for hydroxylation is 1. The van der Waals surface area contributed by atoms with E-state index in [4.69, 9.17) is 0 Å². The second-order valence-electron chi connectivity index (χ2n) is 4.96. The first kappa shape index (κ1) is 15.7. The molecule has 106 valence electrons. The largest absolute Gasteiger partial charge is 0.255 e. The van der Waals surface area contributed by atoms with Gasteiger partial charge < -0.3 is 0 Å². The van der Waals surface area contributed by atoms with Gasteiger partial charge in [-0.3, -0.25) is 4.98 Å². The van der Waals surface area contributed by atoms with Crippen LogP contribution < -0.4 is 0 Å². The van der Waals surface area contributed by atoms with E-state index in [0.717, 1.165) is 16.6 Å². The van der Waals surface area contributed by atoms with Gasteiger partial charge in [0, 0.05) is 21.1 Å². The standard InChI is InChI=1S/C17H19Br2N/c1-2-15(18)8-4-6-13-5-3-7-14(11-13)17-10-9-16(19)12-20-17/h3,5,7,9-12,15H,2,4,6,8H2,1H3. The Kier molecular flexibility index (Phi) is 6.24. The van der Waals surface area contributed by atoms with Crippen molar-refractivity contribution in [3.63, 3.8) is 0 Å². The molecule has 0 aliphatic rings. The molecule has 20 heavy (non-hydrogen) atoms. The Hall–Kier alpha value is -0.670. The van der Waals surface area contributed by atoms with Crippen LogP contribution in [0, 0.1) is 0 Å². The average Bonchev–Trinajstić information content (AvgIpc) is 2.48. The molecule has 0 N–H and O–H groups in total. The lowest BCUT2D eigenvalue weighted by molar-refractivity contribution is 0.690. The fourth-order valence-electron chi connectivity index (χ4n) is 2.16. The van der Waals surface area contributed by atoms with Crippen LogP contribution in [-0.2, 0) is 6.42 Å². The molecule has 0 saturated carbocycles. The average molecular weight is 397 g/mol. The summed E-state index contributed by atoms with van der Waals surface area (Å²) in [5.74, 6) is 0. The number of hydrogen-bond donors (Lipinski definition) is 0. The molecular formula is C17H19Br2N. The summed E-state index contributed by atoms with van der Waals surface area (Å²) in [6, 6.07) is 12.8. The lowest BCUT2D eigenvalue weighted by atomic mass is 10.0. The summed E-state index contributed by atoms with van der Waals surface area (Å²) in [6.45, 7) is 2.22. The van der Waals surface area contributed by atoms with E-state index in [1.165, 1.54) is 30.4 Å². The summed E-state index contributed by atoms with van der Waals surface area (Å²) < 4.78 is 1.01. The number of benzene rings is 1. The van der Waals surface area contributed by atoms with Gasteiger partial charge >= 0.3 is 0 Å². The van der Waals surface area contributed by atoms with Crippen LogP contribution in [0.15, 0.2) is 47.1 Å². The van der Waals surface area contributed by atoms with Crippen LogP contribution in [-0.4, -0.2) is 9.81 Å². The van der Waals surface area contributed by atoms with Crippen molar-refractivity contribution >= 4 is 31.9 Å². The highest BCUT2D eigenvalue weighted by molar-refractivity contribution is 9.10. The second kappa shape index (κ2) is 7.94. The second-order valence-corrected chi connectivity index (χ2v) is 7.17. The Bertz CT molecular complexity index is 537. The van der Waals surface area contributed by atoms with Crippen molar-refractivity contribution in [1.29, 1.82) is 0 Å². The van der Waals surface area contributed by atoms with Crippen LogP contribution in [0.3, 0.4) is 0 Å². The first-order valence-corrected chi connectivity index (χ1v) is 8.75. The smallest absolute Gasteiger partial charge is 0.0702 e. The van der Waals surface area contributed by atoms with Gasteiger partial charge in [0.1, 0.15) is 0 Å². The summed E-state index contributed by atoms with van der Waals surface area (Å²) in [7, 11) is 0. The maximum absolute atomic E-state index is 4.46. The third-order valence-electron chi connectivity index (χ3n) is 3.38. The van der Waals surface area contributed by atoms with Crippen LogP contribution in [0.1, 0.15) is 31.7 Å². The molecule has 1 aromatic carbocycles. The van der Waals surface area contributed by atoms with Crippen molar-refractivity contribution in [3.8, 4) is 11.3 Å². The van der Waals surface area contributed by atoms with Gasteiger partial charge in [0.2, 0.25) is 0 Å². The molecule has 1 atom stereocenters. The lowest BCUT2D eigenvalue weighted by Crippen LogP contribution is -1.96. The number of hydrogen-bond acceptors (Lipinski definition) is 1. The Morgan fingerprint density at radius 3 is 2.75 bits per heavy atom. The van der Waals surface area contributed by atoms with Gasteiger partial charge in [-0.25, -0.2) is 0 Å². The third-order valence-corrected chi connectivity index (χ3v) is 4.95. The van der Waals surface area contributed by atoms with Crippen molar-refractivity contribution in [1.82, 2.24) is 4.98 Å². The Morgan fingerprint density at radius 1 is 1.20 bits per heavy atom. The molecule has 0 radical (unpaired) electrons. The highest BCUT2D eigenvalue weighted by Gasteiger charge is 2.03. The van der Waals surface area contributed by atoms with Crippen molar-refractivity contribution in [3.05, 3.63) is 52.6 Å². The monoisotopic (exact) mass is 395 g/mol. The molecule has 0 bridgehead atoms. The maximum Gasteiger partial charge on any atom is 0.0702 e. The van der Waals surface area contributed by atoms with E-state index in [2.05, 4.69) is 74.1 Å². The molecule has 2 rings (SSSR count). The van der Waals surface area contributed by atoms with E-state index in [-0.39, 0.29) is 0 Å².